The number of rotatable bonds is 6. The Morgan fingerprint density at radius 1 is 1.17 bits per heavy atom. The van der Waals surface area contributed by atoms with Crippen LogP contribution in [-0.4, -0.2) is 29.7 Å². The Balaban J connectivity index is 1.54. The molecule has 5 heteroatoms. The third kappa shape index (κ3) is 4.20. The number of carboxylic acid groups (broad SMARTS) is 1. The fourth-order valence-electron chi connectivity index (χ4n) is 2.57. The van der Waals surface area contributed by atoms with E-state index in [0.29, 0.717) is 12.8 Å². The second kappa shape index (κ2) is 6.07. The van der Waals surface area contributed by atoms with E-state index in [9.17, 15) is 9.59 Å². The highest BCUT2D eigenvalue weighted by molar-refractivity contribution is 5.75. The molecule has 0 aromatic heterocycles. The van der Waals surface area contributed by atoms with Gasteiger partial charge in [-0.25, -0.2) is 4.79 Å². The lowest BCUT2D eigenvalue weighted by Crippen LogP contribution is -2.41. The normalized spacial score (nSPS) is 26.9. The molecule has 5 nitrogen and oxygen atoms in total. The molecule has 2 saturated carbocycles. The van der Waals surface area contributed by atoms with Gasteiger partial charge in [-0.2, -0.15) is 0 Å². The summed E-state index contributed by atoms with van der Waals surface area (Å²) < 4.78 is 0. The molecule has 102 valence electrons. The van der Waals surface area contributed by atoms with Crippen LogP contribution in [0.15, 0.2) is 0 Å². The van der Waals surface area contributed by atoms with E-state index in [1.807, 2.05) is 0 Å². The van der Waals surface area contributed by atoms with E-state index < -0.39 is 5.97 Å². The highest BCUT2D eigenvalue weighted by Gasteiger charge is 2.30. The SMILES string of the molecule is O=C(NCCCC1CC1)NC1CCC(C(=O)O)C1. The minimum atomic E-state index is -0.746. The Hall–Kier alpha value is -1.26. The predicted octanol–water partition coefficient (Wildman–Crippen LogP) is 1.73. The smallest absolute Gasteiger partial charge is 0.315 e. The van der Waals surface area contributed by atoms with Crippen LogP contribution in [0, 0.1) is 11.8 Å². The van der Waals surface area contributed by atoms with Gasteiger partial charge in [0.1, 0.15) is 0 Å². The molecule has 2 fully saturated rings. The fraction of sp³-hybridized carbons (Fsp3) is 0.846. The second-order valence-electron chi connectivity index (χ2n) is 5.53. The summed E-state index contributed by atoms with van der Waals surface area (Å²) in [6.45, 7) is 0.720. The maximum absolute atomic E-state index is 11.6. The average Bonchev–Trinajstić information content (AvgIpc) is 3.03. The second-order valence-corrected chi connectivity index (χ2v) is 5.53. The lowest BCUT2D eigenvalue weighted by molar-refractivity contribution is -0.141. The summed E-state index contributed by atoms with van der Waals surface area (Å²) in [7, 11) is 0. The molecule has 0 saturated heterocycles. The Morgan fingerprint density at radius 2 is 1.94 bits per heavy atom. The Bertz CT molecular complexity index is 315. The van der Waals surface area contributed by atoms with Crippen LogP contribution in [0.1, 0.15) is 44.9 Å². The molecular formula is C13H22N2O3. The van der Waals surface area contributed by atoms with E-state index in [0.717, 1.165) is 25.3 Å². The third-order valence-electron chi connectivity index (χ3n) is 3.89. The Morgan fingerprint density at radius 3 is 2.56 bits per heavy atom. The summed E-state index contributed by atoms with van der Waals surface area (Å²) in [5, 5.41) is 14.6. The van der Waals surface area contributed by atoms with Crippen LogP contribution in [0.3, 0.4) is 0 Å². The van der Waals surface area contributed by atoms with E-state index >= 15 is 0 Å². The van der Waals surface area contributed by atoms with Gasteiger partial charge in [0.25, 0.3) is 0 Å². The zero-order chi connectivity index (χ0) is 13.0. The van der Waals surface area contributed by atoms with Crippen LogP contribution in [0.4, 0.5) is 4.79 Å². The van der Waals surface area contributed by atoms with Crippen molar-refractivity contribution in [3.05, 3.63) is 0 Å². The fourth-order valence-corrected chi connectivity index (χ4v) is 2.57. The molecule has 0 bridgehead atoms. The van der Waals surface area contributed by atoms with E-state index in [2.05, 4.69) is 10.6 Å². The van der Waals surface area contributed by atoms with Gasteiger partial charge in [0.05, 0.1) is 5.92 Å². The van der Waals surface area contributed by atoms with Gasteiger partial charge in [-0.15, -0.1) is 0 Å². The lowest BCUT2D eigenvalue weighted by Gasteiger charge is -2.13. The molecule has 2 aliphatic rings. The van der Waals surface area contributed by atoms with Gasteiger partial charge in [0.15, 0.2) is 0 Å². The first-order chi connectivity index (χ1) is 8.65. The molecule has 0 spiro atoms. The number of carboxylic acids is 1. The van der Waals surface area contributed by atoms with Crippen molar-refractivity contribution in [2.75, 3.05) is 6.54 Å². The Kier molecular flexibility index (Phi) is 4.44. The number of amides is 2. The number of nitrogens with one attached hydrogen (secondary N) is 2. The standard InChI is InChI=1S/C13H22N2O3/c16-12(17)10-5-6-11(8-10)15-13(18)14-7-1-2-9-3-4-9/h9-11H,1-8H2,(H,16,17)(H2,14,15,18). The molecule has 2 atom stereocenters. The first-order valence-corrected chi connectivity index (χ1v) is 6.92. The van der Waals surface area contributed by atoms with Crippen LogP contribution in [0.5, 0.6) is 0 Å². The summed E-state index contributed by atoms with van der Waals surface area (Å²) in [6, 6.07) is -0.128. The molecule has 0 aromatic rings. The molecule has 2 rings (SSSR count). The van der Waals surface area contributed by atoms with Gasteiger partial charge < -0.3 is 15.7 Å². The molecule has 0 aliphatic heterocycles. The van der Waals surface area contributed by atoms with Crippen LogP contribution in [0.2, 0.25) is 0 Å². The maximum Gasteiger partial charge on any atom is 0.315 e. The van der Waals surface area contributed by atoms with E-state index in [1.165, 1.54) is 19.3 Å². The number of carbonyl (C=O) groups is 2. The van der Waals surface area contributed by atoms with Crippen molar-refractivity contribution in [1.82, 2.24) is 10.6 Å². The molecule has 0 aromatic carbocycles. The van der Waals surface area contributed by atoms with Crippen molar-refractivity contribution in [2.45, 2.75) is 51.0 Å². The summed E-state index contributed by atoms with van der Waals surface area (Å²) in [5.41, 5.74) is 0. The molecule has 0 heterocycles. The van der Waals surface area contributed by atoms with E-state index in [4.69, 9.17) is 5.11 Å². The van der Waals surface area contributed by atoms with Crippen molar-refractivity contribution in [1.29, 1.82) is 0 Å². The van der Waals surface area contributed by atoms with Crippen LogP contribution in [0.25, 0.3) is 0 Å². The highest BCUT2D eigenvalue weighted by Crippen LogP contribution is 2.33. The zero-order valence-corrected chi connectivity index (χ0v) is 10.7. The maximum atomic E-state index is 11.6. The minimum absolute atomic E-state index is 0.0227. The van der Waals surface area contributed by atoms with Gasteiger partial charge in [0.2, 0.25) is 0 Å². The minimum Gasteiger partial charge on any atom is -0.481 e. The van der Waals surface area contributed by atoms with Crippen molar-refractivity contribution in [2.24, 2.45) is 11.8 Å². The van der Waals surface area contributed by atoms with Crippen molar-refractivity contribution < 1.29 is 14.7 Å². The van der Waals surface area contributed by atoms with Gasteiger partial charge in [-0.05, 0) is 38.0 Å². The van der Waals surface area contributed by atoms with Gasteiger partial charge >= 0.3 is 12.0 Å². The summed E-state index contributed by atoms with van der Waals surface area (Å²) >= 11 is 0. The monoisotopic (exact) mass is 254 g/mol. The first-order valence-electron chi connectivity index (χ1n) is 6.92. The Labute approximate surface area is 107 Å². The van der Waals surface area contributed by atoms with Crippen LogP contribution in [-0.2, 0) is 4.79 Å². The molecule has 0 radical (unpaired) electrons. The lowest BCUT2D eigenvalue weighted by atomic mass is 10.1. The van der Waals surface area contributed by atoms with Crippen LogP contribution >= 0.6 is 0 Å². The predicted molar refractivity (Wildman–Crippen MR) is 67.3 cm³/mol. The van der Waals surface area contributed by atoms with E-state index in [1.54, 1.807) is 0 Å². The topological polar surface area (TPSA) is 78.4 Å². The first kappa shape index (κ1) is 13.2. The number of hydrogen-bond donors (Lipinski definition) is 3. The van der Waals surface area contributed by atoms with Gasteiger partial charge in [0, 0.05) is 12.6 Å². The zero-order valence-electron chi connectivity index (χ0n) is 10.7. The van der Waals surface area contributed by atoms with Crippen molar-refractivity contribution >= 4 is 12.0 Å². The van der Waals surface area contributed by atoms with Gasteiger partial charge in [-0.1, -0.05) is 12.8 Å². The summed E-state index contributed by atoms with van der Waals surface area (Å²) in [6.07, 6.45) is 6.96. The third-order valence-corrected chi connectivity index (χ3v) is 3.89. The molecule has 2 amide bonds. The average molecular weight is 254 g/mol. The number of carbonyl (C=O) groups excluding carboxylic acids is 1. The molecule has 2 unspecified atom stereocenters. The van der Waals surface area contributed by atoms with Crippen molar-refractivity contribution in [3.8, 4) is 0 Å². The molecule has 2 aliphatic carbocycles. The summed E-state index contributed by atoms with van der Waals surface area (Å²) in [5.74, 6) is -0.129. The van der Waals surface area contributed by atoms with E-state index in [-0.39, 0.29) is 18.0 Å². The molecular weight excluding hydrogens is 232 g/mol. The number of urea groups is 1. The summed E-state index contributed by atoms with van der Waals surface area (Å²) in [4.78, 5) is 22.4. The molecule has 3 N–H and O–H groups in total. The number of hydrogen-bond acceptors (Lipinski definition) is 2. The van der Waals surface area contributed by atoms with Gasteiger partial charge in [-0.3, -0.25) is 4.79 Å². The quantitative estimate of drug-likeness (QED) is 0.632. The number of aliphatic carboxylic acids is 1. The van der Waals surface area contributed by atoms with Crippen molar-refractivity contribution in [3.63, 3.8) is 0 Å². The highest BCUT2D eigenvalue weighted by atomic mass is 16.4. The van der Waals surface area contributed by atoms with Crippen LogP contribution < -0.4 is 10.6 Å². The molecule has 18 heavy (non-hydrogen) atoms. The largest absolute Gasteiger partial charge is 0.481 e.